The molecule has 6 N–H and O–H groups in total. The summed E-state index contributed by atoms with van der Waals surface area (Å²) in [6.07, 6.45) is 11.4. The lowest BCUT2D eigenvalue weighted by Crippen LogP contribution is -2.18. The molecule has 0 atom stereocenters. The third-order valence-electron chi connectivity index (χ3n) is 7.91. The van der Waals surface area contributed by atoms with E-state index in [0.717, 1.165) is 38.5 Å². The Bertz CT molecular complexity index is 1460. The summed E-state index contributed by atoms with van der Waals surface area (Å²) in [6.45, 7) is 11.6. The van der Waals surface area contributed by atoms with E-state index in [1.165, 1.54) is 25.7 Å². The lowest BCUT2D eigenvalue weighted by Gasteiger charge is -2.23. The Kier molecular flexibility index (Phi) is 22.9. The molecule has 0 aliphatic rings. The number of hydrogen-bond acceptors (Lipinski definition) is 8. The topological polar surface area (TPSA) is 165 Å². The normalized spacial score (nSPS) is 10.2. The molecule has 3 rings (SSSR count). The van der Waals surface area contributed by atoms with Crippen LogP contribution in [0.1, 0.15) is 141 Å². The highest BCUT2D eigenvalue weighted by Gasteiger charge is 2.30. The molecule has 10 nitrogen and oxygen atoms in total. The van der Waals surface area contributed by atoms with Crippen molar-refractivity contribution in [2.45, 2.75) is 105 Å². The molecule has 0 amide bonds. The van der Waals surface area contributed by atoms with Crippen molar-refractivity contribution >= 4 is 29.1 Å². The Labute approximate surface area is 304 Å². The molecule has 10 heteroatoms. The Morgan fingerprint density at radius 2 is 1.18 bits per heavy atom. The van der Waals surface area contributed by atoms with Crippen molar-refractivity contribution in [2.75, 3.05) is 36.9 Å². The van der Waals surface area contributed by atoms with Crippen LogP contribution in [0.25, 0.3) is 0 Å². The number of para-hydroxylation sites is 1. The van der Waals surface area contributed by atoms with Gasteiger partial charge in [0.15, 0.2) is 11.5 Å². The zero-order valence-electron chi connectivity index (χ0n) is 31.2. The van der Waals surface area contributed by atoms with Crippen LogP contribution in [0.15, 0.2) is 54.6 Å². The molecule has 0 aliphatic heterocycles. The smallest absolute Gasteiger partial charge is 0.339 e. The molecule has 0 aliphatic carbocycles. The van der Waals surface area contributed by atoms with Crippen molar-refractivity contribution in [2.24, 2.45) is 0 Å². The maximum atomic E-state index is 13.6. The molecule has 0 unspecified atom stereocenters. The highest BCUT2D eigenvalue weighted by Crippen LogP contribution is 2.43. The van der Waals surface area contributed by atoms with Gasteiger partial charge in [-0.1, -0.05) is 108 Å². The molecule has 3 aromatic carbocycles. The van der Waals surface area contributed by atoms with E-state index in [-0.39, 0.29) is 35.0 Å². The van der Waals surface area contributed by atoms with Gasteiger partial charge in [0.05, 0.1) is 17.9 Å². The molecule has 0 saturated carbocycles. The lowest BCUT2D eigenvalue weighted by atomic mass is 9.87. The first-order valence-electron chi connectivity index (χ1n) is 18.4. The molecule has 0 heterocycles. The van der Waals surface area contributed by atoms with Crippen LogP contribution in [0, 0.1) is 0 Å². The summed E-state index contributed by atoms with van der Waals surface area (Å²) < 4.78 is 5.52. The molecule has 0 saturated heterocycles. The fraction of sp³-hybridized carbons (Fsp3) is 0.488. The molecule has 0 radical (unpaired) electrons. The van der Waals surface area contributed by atoms with Crippen molar-refractivity contribution < 1.29 is 39.5 Å². The molecule has 0 spiro atoms. The fourth-order valence-corrected chi connectivity index (χ4v) is 5.52. The van der Waals surface area contributed by atoms with Crippen LogP contribution in [0.2, 0.25) is 0 Å². The number of rotatable bonds is 21. The summed E-state index contributed by atoms with van der Waals surface area (Å²) in [5, 5.41) is 43.6. The number of carbonyl (C=O) groups excluding carboxylic acids is 1. The quantitative estimate of drug-likeness (QED) is 0.0357. The van der Waals surface area contributed by atoms with Crippen molar-refractivity contribution in [1.82, 2.24) is 0 Å². The summed E-state index contributed by atoms with van der Waals surface area (Å²) in [6, 6.07) is 15.6. The van der Waals surface area contributed by atoms with Gasteiger partial charge in [-0.15, -0.1) is 0 Å². The van der Waals surface area contributed by atoms with Gasteiger partial charge >= 0.3 is 11.9 Å². The minimum Gasteiger partial charge on any atom is -0.505 e. The number of unbranched alkanes of at least 4 members (excludes halogenated alkanes) is 8. The number of nitrogens with one attached hydrogen (secondary N) is 2. The Hall–Kier alpha value is -4.57. The average molecular weight is 709 g/mol. The van der Waals surface area contributed by atoms with Gasteiger partial charge in [-0.3, -0.25) is 4.79 Å². The highest BCUT2D eigenvalue weighted by molar-refractivity contribution is 6.17. The number of carboxylic acid groups (broad SMARTS) is 2. The number of aliphatic hydroxyl groups is 1. The number of ether oxygens (including phenoxy) is 1. The lowest BCUT2D eigenvalue weighted by molar-refractivity contribution is 0.0681. The standard InChI is InChI=1S/C24H32N2O4.C15H22O3.C2H6O/c1-4-7-8-12-15-17-18(22(27)16-13-10-9-11-14-16)20(25-5-2)21(26-6-3)23(28)19(17)24(29)30;1-2-3-4-5-6-9-12-18-14-11-8-7-10-13(14)15(16)17;1-2-3/h9-11,13-14,25-26,28H,4-8,12,15H2,1-3H3,(H,29,30);7-8,10-11H,2-6,9,12H2,1H3,(H,16,17);3H,2H2,1H3. The van der Waals surface area contributed by atoms with Gasteiger partial charge in [-0.2, -0.15) is 0 Å². The van der Waals surface area contributed by atoms with E-state index >= 15 is 0 Å². The van der Waals surface area contributed by atoms with Gasteiger partial charge in [-0.05, 0) is 57.7 Å². The molecular weight excluding hydrogens is 648 g/mol. The Balaban J connectivity index is 0.000000526. The van der Waals surface area contributed by atoms with Gasteiger partial charge in [0.2, 0.25) is 0 Å². The fourth-order valence-electron chi connectivity index (χ4n) is 5.52. The van der Waals surface area contributed by atoms with Crippen LogP contribution in [-0.4, -0.2) is 64.5 Å². The number of phenols is 1. The molecule has 51 heavy (non-hydrogen) atoms. The zero-order valence-corrected chi connectivity index (χ0v) is 31.2. The second-order valence-electron chi connectivity index (χ2n) is 11.9. The summed E-state index contributed by atoms with van der Waals surface area (Å²) in [4.78, 5) is 36.6. The largest absolute Gasteiger partial charge is 0.505 e. The molecule has 0 aromatic heterocycles. The number of aromatic hydroxyl groups is 1. The number of aromatic carboxylic acids is 2. The van der Waals surface area contributed by atoms with Crippen LogP contribution in [0.4, 0.5) is 11.4 Å². The number of aliphatic hydroxyl groups excluding tert-OH is 1. The minimum absolute atomic E-state index is 0.191. The third kappa shape index (κ3) is 15.1. The van der Waals surface area contributed by atoms with Crippen molar-refractivity contribution in [3.63, 3.8) is 0 Å². The first kappa shape index (κ1) is 44.5. The van der Waals surface area contributed by atoms with Crippen molar-refractivity contribution in [3.05, 3.63) is 82.4 Å². The third-order valence-corrected chi connectivity index (χ3v) is 7.91. The summed E-state index contributed by atoms with van der Waals surface area (Å²) in [7, 11) is 0. The van der Waals surface area contributed by atoms with Crippen LogP contribution in [-0.2, 0) is 6.42 Å². The number of hydrogen-bond donors (Lipinski definition) is 6. The van der Waals surface area contributed by atoms with Gasteiger partial charge in [0.25, 0.3) is 0 Å². The second kappa shape index (κ2) is 26.3. The van der Waals surface area contributed by atoms with E-state index in [4.69, 9.17) is 14.9 Å². The number of anilines is 2. The van der Waals surface area contributed by atoms with Crippen LogP contribution >= 0.6 is 0 Å². The Morgan fingerprint density at radius 3 is 1.75 bits per heavy atom. The van der Waals surface area contributed by atoms with E-state index in [9.17, 15) is 24.6 Å². The van der Waals surface area contributed by atoms with E-state index in [1.54, 1.807) is 55.5 Å². The van der Waals surface area contributed by atoms with Crippen LogP contribution < -0.4 is 15.4 Å². The predicted molar refractivity (Wildman–Crippen MR) is 206 cm³/mol. The van der Waals surface area contributed by atoms with E-state index in [0.29, 0.717) is 54.2 Å². The average Bonchev–Trinajstić information content (AvgIpc) is 3.12. The number of benzene rings is 3. The maximum Gasteiger partial charge on any atom is 0.339 e. The van der Waals surface area contributed by atoms with Gasteiger partial charge in [-0.25, -0.2) is 9.59 Å². The number of carboxylic acids is 2. The van der Waals surface area contributed by atoms with Gasteiger partial charge < -0.3 is 35.8 Å². The van der Waals surface area contributed by atoms with Crippen molar-refractivity contribution in [1.29, 1.82) is 0 Å². The summed E-state index contributed by atoms with van der Waals surface area (Å²) in [5.74, 6) is -2.27. The van der Waals surface area contributed by atoms with E-state index < -0.39 is 11.9 Å². The van der Waals surface area contributed by atoms with E-state index in [2.05, 4.69) is 24.5 Å². The second-order valence-corrected chi connectivity index (χ2v) is 11.9. The highest BCUT2D eigenvalue weighted by atomic mass is 16.5. The monoisotopic (exact) mass is 708 g/mol. The first-order valence-corrected chi connectivity index (χ1v) is 18.4. The maximum absolute atomic E-state index is 13.6. The van der Waals surface area contributed by atoms with Crippen molar-refractivity contribution in [3.8, 4) is 11.5 Å². The molecule has 3 aromatic rings. The predicted octanol–water partition coefficient (Wildman–Crippen LogP) is 9.43. The van der Waals surface area contributed by atoms with Crippen LogP contribution in [0.3, 0.4) is 0 Å². The Morgan fingerprint density at radius 1 is 0.647 bits per heavy atom. The minimum atomic E-state index is -1.23. The molecular formula is C41H60N2O8. The summed E-state index contributed by atoms with van der Waals surface area (Å²) in [5.41, 5.74) is 1.96. The van der Waals surface area contributed by atoms with E-state index in [1.807, 2.05) is 19.9 Å². The molecule has 0 fully saturated rings. The zero-order chi connectivity index (χ0) is 38.0. The first-order chi connectivity index (χ1) is 24.6. The summed E-state index contributed by atoms with van der Waals surface area (Å²) >= 11 is 0. The number of carbonyl (C=O) groups is 3. The molecule has 282 valence electrons. The SMILES string of the molecule is CCCCCCCCOc1ccccc1C(=O)O.CCCCCCc1c(C(=O)O)c(O)c(NCC)c(NCC)c1C(=O)c1ccccc1.CCO. The molecule has 0 bridgehead atoms. The van der Waals surface area contributed by atoms with Gasteiger partial charge in [0, 0.05) is 25.3 Å². The van der Waals surface area contributed by atoms with Gasteiger partial charge in [0.1, 0.15) is 22.6 Å². The number of ketones is 1. The van der Waals surface area contributed by atoms with Crippen LogP contribution in [0.5, 0.6) is 11.5 Å².